The van der Waals surface area contributed by atoms with Crippen molar-refractivity contribution in [3.8, 4) is 40.1 Å². The zero-order chi connectivity index (χ0) is 27.1. The number of H-pyrrole nitrogens is 1. The first-order chi connectivity index (χ1) is 18.4. The molecule has 1 aromatic heterocycles. The number of thioether (sulfide) groups is 1. The molecule has 196 valence electrons. The number of ether oxygens (including phenoxy) is 3. The summed E-state index contributed by atoms with van der Waals surface area (Å²) >= 11 is 4.58. The second-order valence-electron chi connectivity index (χ2n) is 7.72. The summed E-state index contributed by atoms with van der Waals surface area (Å²) in [6.45, 7) is 0. The van der Waals surface area contributed by atoms with Crippen LogP contribution in [0.5, 0.6) is 23.0 Å². The van der Waals surface area contributed by atoms with Crippen molar-refractivity contribution in [3.63, 3.8) is 0 Å². The lowest BCUT2D eigenvalue weighted by molar-refractivity contribution is -0.625. The normalized spacial score (nSPS) is 10.9. The van der Waals surface area contributed by atoms with E-state index in [1.54, 1.807) is 33.5 Å². The van der Waals surface area contributed by atoms with Crippen LogP contribution in [0.25, 0.3) is 17.1 Å². The maximum atomic E-state index is 12.5. The van der Waals surface area contributed by atoms with Crippen molar-refractivity contribution in [1.82, 2.24) is 15.6 Å². The highest BCUT2D eigenvalue weighted by Gasteiger charge is 2.27. The van der Waals surface area contributed by atoms with Gasteiger partial charge >= 0.3 is 5.16 Å². The monoisotopic (exact) mass is 598 g/mol. The van der Waals surface area contributed by atoms with Gasteiger partial charge in [-0.2, -0.15) is 9.67 Å². The zero-order valence-electron chi connectivity index (χ0n) is 20.8. The van der Waals surface area contributed by atoms with Crippen LogP contribution in [0.3, 0.4) is 0 Å². The highest BCUT2D eigenvalue weighted by atomic mass is 79.9. The number of phenolic OH excluding ortho intramolecular Hbond substituents is 1. The summed E-state index contributed by atoms with van der Waals surface area (Å²) in [7, 11) is 4.66. The van der Waals surface area contributed by atoms with Crippen LogP contribution in [0.1, 0.15) is 5.56 Å². The lowest BCUT2D eigenvalue weighted by Gasteiger charge is -2.13. The zero-order valence-corrected chi connectivity index (χ0v) is 23.2. The molecule has 0 saturated heterocycles. The minimum absolute atomic E-state index is 0.0498. The van der Waals surface area contributed by atoms with E-state index < -0.39 is 0 Å². The first kappa shape index (κ1) is 27.0. The van der Waals surface area contributed by atoms with E-state index in [9.17, 15) is 9.90 Å². The number of halogens is 1. The Hall–Kier alpha value is -4.03. The predicted molar refractivity (Wildman–Crippen MR) is 147 cm³/mol. The van der Waals surface area contributed by atoms with Crippen LogP contribution in [-0.4, -0.2) is 54.5 Å². The molecule has 0 spiro atoms. The molecule has 0 bridgehead atoms. The van der Waals surface area contributed by atoms with Gasteiger partial charge in [0.15, 0.2) is 11.5 Å². The summed E-state index contributed by atoms with van der Waals surface area (Å²) in [5, 5.41) is 22.0. The SMILES string of the molecule is COc1cc(-c2[nH]nc(SCC(=O)NN=Cc3cc(Br)ccc3O)[n+]2-c2ccccc2)cc(OC)c1OC. The molecule has 0 aliphatic carbocycles. The number of carbonyl (C=O) groups is 1. The number of benzene rings is 3. The Morgan fingerprint density at radius 2 is 1.82 bits per heavy atom. The van der Waals surface area contributed by atoms with Gasteiger partial charge in [-0.3, -0.25) is 4.79 Å². The number of aromatic hydroxyl groups is 1. The number of amides is 1. The van der Waals surface area contributed by atoms with E-state index in [0.717, 1.165) is 15.7 Å². The minimum atomic E-state index is -0.335. The molecule has 3 aromatic carbocycles. The summed E-state index contributed by atoms with van der Waals surface area (Å²) in [5.74, 6) is 1.90. The van der Waals surface area contributed by atoms with Gasteiger partial charge in [-0.15, -0.1) is 5.10 Å². The van der Waals surface area contributed by atoms with Crippen LogP contribution >= 0.6 is 27.7 Å². The van der Waals surface area contributed by atoms with Crippen LogP contribution in [0.15, 0.2) is 75.4 Å². The molecule has 4 aromatic rings. The van der Waals surface area contributed by atoms with E-state index in [1.807, 2.05) is 47.0 Å². The number of phenols is 1. The molecular weight excluding hydrogens is 574 g/mol. The average Bonchev–Trinajstić information content (AvgIpc) is 3.37. The van der Waals surface area contributed by atoms with Crippen LogP contribution < -0.4 is 24.2 Å². The fourth-order valence-electron chi connectivity index (χ4n) is 3.59. The van der Waals surface area contributed by atoms with Crippen LogP contribution in [0.2, 0.25) is 0 Å². The molecule has 38 heavy (non-hydrogen) atoms. The van der Waals surface area contributed by atoms with Crippen LogP contribution in [0, 0.1) is 0 Å². The van der Waals surface area contributed by atoms with E-state index in [-0.39, 0.29) is 17.4 Å². The van der Waals surface area contributed by atoms with Gasteiger partial charge in [0.2, 0.25) is 5.75 Å². The molecule has 0 radical (unpaired) electrons. The van der Waals surface area contributed by atoms with Crippen molar-refractivity contribution >= 4 is 39.8 Å². The van der Waals surface area contributed by atoms with Crippen LogP contribution in [0.4, 0.5) is 0 Å². The Morgan fingerprint density at radius 3 is 2.47 bits per heavy atom. The second kappa shape index (κ2) is 12.5. The highest BCUT2D eigenvalue weighted by molar-refractivity contribution is 9.10. The summed E-state index contributed by atoms with van der Waals surface area (Å²) < 4.78 is 19.2. The molecule has 0 fully saturated rings. The van der Waals surface area contributed by atoms with Crippen LogP contribution in [-0.2, 0) is 4.79 Å². The third kappa shape index (κ3) is 6.09. The van der Waals surface area contributed by atoms with Gasteiger partial charge in [0.25, 0.3) is 11.7 Å². The summed E-state index contributed by atoms with van der Waals surface area (Å²) in [6.07, 6.45) is 1.38. The number of hydrazone groups is 1. The van der Waals surface area contributed by atoms with Crippen molar-refractivity contribution < 1.29 is 28.7 Å². The van der Waals surface area contributed by atoms with E-state index in [1.165, 1.54) is 24.0 Å². The topological polar surface area (TPSA) is 122 Å². The number of aromatic amines is 1. The maximum absolute atomic E-state index is 12.5. The molecule has 4 rings (SSSR count). The highest BCUT2D eigenvalue weighted by Crippen LogP contribution is 2.40. The quantitative estimate of drug-likeness (QED) is 0.109. The Labute approximate surface area is 231 Å². The summed E-state index contributed by atoms with van der Waals surface area (Å²) in [5.41, 5.74) is 4.53. The number of hydrogen-bond donors (Lipinski definition) is 3. The number of nitrogens with one attached hydrogen (secondary N) is 2. The Balaban J connectivity index is 1.59. The second-order valence-corrected chi connectivity index (χ2v) is 9.58. The minimum Gasteiger partial charge on any atom is -0.507 e. The van der Waals surface area contributed by atoms with E-state index >= 15 is 0 Å². The number of aromatic nitrogens is 3. The van der Waals surface area contributed by atoms with Crippen molar-refractivity contribution in [2.24, 2.45) is 5.10 Å². The van der Waals surface area contributed by atoms with E-state index in [4.69, 9.17) is 14.2 Å². The number of para-hydroxylation sites is 1. The summed E-state index contributed by atoms with van der Waals surface area (Å²) in [6, 6.07) is 18.2. The number of hydrogen-bond acceptors (Lipinski definition) is 8. The summed E-state index contributed by atoms with van der Waals surface area (Å²) in [4.78, 5) is 12.5. The molecule has 0 aliphatic heterocycles. The third-order valence-corrected chi connectivity index (χ3v) is 6.77. The Kier molecular flexibility index (Phi) is 8.87. The van der Waals surface area contributed by atoms with Gasteiger partial charge in [-0.1, -0.05) is 34.1 Å². The average molecular weight is 599 g/mol. The Bertz CT molecular complexity index is 1440. The third-order valence-electron chi connectivity index (χ3n) is 5.34. The first-order valence-corrected chi connectivity index (χ1v) is 13.0. The lowest BCUT2D eigenvalue weighted by Crippen LogP contribution is -2.34. The molecule has 0 saturated carbocycles. The molecule has 0 unspecified atom stereocenters. The molecule has 3 N–H and O–H groups in total. The first-order valence-electron chi connectivity index (χ1n) is 11.2. The fraction of sp³-hybridized carbons (Fsp3) is 0.154. The van der Waals surface area contributed by atoms with Gasteiger partial charge in [-0.25, -0.2) is 5.43 Å². The fourth-order valence-corrected chi connectivity index (χ4v) is 4.73. The molecule has 10 nitrogen and oxygen atoms in total. The smallest absolute Gasteiger partial charge is 0.342 e. The molecule has 12 heteroatoms. The maximum Gasteiger partial charge on any atom is 0.342 e. The molecule has 0 atom stereocenters. The lowest BCUT2D eigenvalue weighted by atomic mass is 10.1. The number of methoxy groups -OCH3 is 3. The van der Waals surface area contributed by atoms with Crippen molar-refractivity contribution in [2.75, 3.05) is 27.1 Å². The molecule has 0 aliphatic rings. The van der Waals surface area contributed by atoms with Crippen molar-refractivity contribution in [1.29, 1.82) is 0 Å². The van der Waals surface area contributed by atoms with Gasteiger partial charge in [0.1, 0.15) is 11.4 Å². The van der Waals surface area contributed by atoms with Gasteiger partial charge in [0, 0.05) is 10.0 Å². The van der Waals surface area contributed by atoms with Gasteiger partial charge in [0.05, 0.1) is 44.0 Å². The standard InChI is InChI=1S/C26H24BrN5O5S/c1-35-21-12-16(13-22(36-2)24(21)37-3)25-30-31-26(32(25)19-7-5-4-6-8-19)38-15-23(34)29-28-14-17-11-18(27)9-10-20(17)33/h4-14H,15H2,1-3H3,(H2,28,29,33,34)/p+1. The Morgan fingerprint density at radius 1 is 1.11 bits per heavy atom. The number of rotatable bonds is 10. The van der Waals surface area contributed by atoms with Crippen molar-refractivity contribution in [3.05, 3.63) is 70.7 Å². The predicted octanol–water partition coefficient (Wildman–Crippen LogP) is 4.09. The number of carbonyl (C=O) groups excluding carboxylic acids is 1. The molecular formula is C26H25BrN5O5S+. The van der Waals surface area contributed by atoms with E-state index in [0.29, 0.717) is 33.8 Å². The van der Waals surface area contributed by atoms with Gasteiger partial charge in [-0.05, 0) is 54.2 Å². The molecule has 1 heterocycles. The van der Waals surface area contributed by atoms with E-state index in [2.05, 4.69) is 36.7 Å². The molecule has 1 amide bonds. The van der Waals surface area contributed by atoms with Crippen molar-refractivity contribution in [2.45, 2.75) is 5.16 Å². The van der Waals surface area contributed by atoms with Gasteiger partial charge < -0.3 is 19.3 Å². The largest absolute Gasteiger partial charge is 0.507 e. The number of nitrogens with zero attached hydrogens (tertiary/aromatic N) is 3.